The highest BCUT2D eigenvalue weighted by Crippen LogP contribution is 2.27. The highest BCUT2D eigenvalue weighted by atomic mass is 16.6. The van der Waals surface area contributed by atoms with E-state index < -0.39 is 28.9 Å². The van der Waals surface area contributed by atoms with E-state index in [1.807, 2.05) is 0 Å². The zero-order valence-electron chi connectivity index (χ0n) is 11.2. The van der Waals surface area contributed by atoms with Crippen molar-refractivity contribution < 1.29 is 24.7 Å². The number of nitro groups is 1. The van der Waals surface area contributed by atoms with Crippen LogP contribution in [0, 0.1) is 17.0 Å². The number of hydrogen-bond donors (Lipinski definition) is 2. The fourth-order valence-corrected chi connectivity index (χ4v) is 2.50. The second-order valence-electron chi connectivity index (χ2n) is 4.93. The molecule has 2 rings (SSSR count). The fraction of sp³-hybridized carbons (Fsp3) is 0.385. The number of aryl methyl sites for hydroxylation is 1. The van der Waals surface area contributed by atoms with Crippen LogP contribution in [0.5, 0.6) is 0 Å². The molecular weight excluding hydrogens is 280 g/mol. The van der Waals surface area contributed by atoms with Gasteiger partial charge in [0.2, 0.25) is 0 Å². The van der Waals surface area contributed by atoms with Gasteiger partial charge in [0.1, 0.15) is 11.6 Å². The number of hydrogen-bond acceptors (Lipinski definition) is 5. The molecule has 0 bridgehead atoms. The molecule has 1 aliphatic rings. The third kappa shape index (κ3) is 2.70. The first-order valence-electron chi connectivity index (χ1n) is 6.28. The van der Waals surface area contributed by atoms with E-state index in [4.69, 9.17) is 5.11 Å². The van der Waals surface area contributed by atoms with Gasteiger partial charge in [-0.25, -0.2) is 4.79 Å². The van der Waals surface area contributed by atoms with E-state index in [1.165, 1.54) is 12.1 Å². The Labute approximate surface area is 119 Å². The van der Waals surface area contributed by atoms with Crippen LogP contribution in [0.2, 0.25) is 0 Å². The molecule has 2 N–H and O–H groups in total. The Kier molecular flexibility index (Phi) is 3.90. The quantitative estimate of drug-likeness (QED) is 0.620. The average Bonchev–Trinajstić information content (AvgIpc) is 2.80. The maximum atomic E-state index is 12.5. The smallest absolute Gasteiger partial charge is 0.326 e. The number of carbonyl (C=O) groups excluding carboxylic acids is 1. The number of carboxylic acids is 1. The van der Waals surface area contributed by atoms with Crippen LogP contribution in [0.3, 0.4) is 0 Å². The molecule has 0 spiro atoms. The summed E-state index contributed by atoms with van der Waals surface area (Å²) in [6.07, 6.45) is -1.03. The molecule has 1 aromatic rings. The summed E-state index contributed by atoms with van der Waals surface area (Å²) in [5.74, 6) is -1.99. The Bertz CT molecular complexity index is 615. The van der Waals surface area contributed by atoms with Gasteiger partial charge in [-0.1, -0.05) is 12.1 Å². The normalized spacial score (nSPS) is 21.3. The Balaban J connectivity index is 2.45. The topological polar surface area (TPSA) is 121 Å². The van der Waals surface area contributed by atoms with Crippen molar-refractivity contribution in [3.8, 4) is 0 Å². The van der Waals surface area contributed by atoms with Crippen molar-refractivity contribution in [1.29, 1.82) is 0 Å². The molecule has 21 heavy (non-hydrogen) atoms. The minimum atomic E-state index is -1.24. The Morgan fingerprint density at radius 1 is 1.43 bits per heavy atom. The molecular formula is C13H14N2O6. The molecule has 0 saturated carbocycles. The van der Waals surface area contributed by atoms with Crippen LogP contribution in [-0.2, 0) is 4.79 Å². The lowest BCUT2D eigenvalue weighted by Gasteiger charge is -2.21. The van der Waals surface area contributed by atoms with Gasteiger partial charge < -0.3 is 15.1 Å². The van der Waals surface area contributed by atoms with Crippen LogP contribution in [-0.4, -0.2) is 50.6 Å². The third-order valence-corrected chi connectivity index (χ3v) is 3.49. The summed E-state index contributed by atoms with van der Waals surface area (Å²) in [5.41, 5.74) is -0.117. The molecule has 2 atom stereocenters. The van der Waals surface area contributed by atoms with E-state index in [2.05, 4.69) is 0 Å². The van der Waals surface area contributed by atoms with Crippen LogP contribution in [0.1, 0.15) is 22.3 Å². The van der Waals surface area contributed by atoms with Crippen LogP contribution in [0.25, 0.3) is 0 Å². The van der Waals surface area contributed by atoms with E-state index in [0.717, 1.165) is 4.90 Å². The lowest BCUT2D eigenvalue weighted by Crippen LogP contribution is -2.41. The van der Waals surface area contributed by atoms with Gasteiger partial charge in [-0.3, -0.25) is 14.9 Å². The SMILES string of the molecule is Cc1cccc([N+](=O)[O-])c1C(=O)N1CC(O)C[C@H]1C(=O)O. The second-order valence-corrected chi connectivity index (χ2v) is 4.93. The zero-order valence-corrected chi connectivity index (χ0v) is 11.2. The van der Waals surface area contributed by atoms with E-state index in [9.17, 15) is 24.8 Å². The van der Waals surface area contributed by atoms with Gasteiger partial charge in [0.25, 0.3) is 11.6 Å². The van der Waals surface area contributed by atoms with E-state index >= 15 is 0 Å². The van der Waals surface area contributed by atoms with Gasteiger partial charge in [0.15, 0.2) is 0 Å². The summed E-state index contributed by atoms with van der Waals surface area (Å²) in [4.78, 5) is 35.0. The molecule has 8 nitrogen and oxygen atoms in total. The monoisotopic (exact) mass is 294 g/mol. The highest BCUT2D eigenvalue weighted by molar-refractivity contribution is 6.01. The minimum absolute atomic E-state index is 0.0826. The van der Waals surface area contributed by atoms with E-state index in [0.29, 0.717) is 5.56 Å². The summed E-state index contributed by atoms with van der Waals surface area (Å²) in [7, 11) is 0. The summed E-state index contributed by atoms with van der Waals surface area (Å²) in [6, 6.07) is 3.02. The molecule has 1 aliphatic heterocycles. The molecule has 1 heterocycles. The summed E-state index contributed by atoms with van der Waals surface area (Å²) >= 11 is 0. The number of benzene rings is 1. The van der Waals surface area contributed by atoms with Gasteiger partial charge in [-0.05, 0) is 12.5 Å². The van der Waals surface area contributed by atoms with Gasteiger partial charge in [-0.2, -0.15) is 0 Å². The summed E-state index contributed by atoms with van der Waals surface area (Å²) < 4.78 is 0. The number of β-amino-alcohol motifs (C(OH)–C–C–N with tert-alkyl or cyclic N) is 1. The number of likely N-dealkylation sites (tertiary alicyclic amines) is 1. The molecule has 0 aliphatic carbocycles. The summed E-state index contributed by atoms with van der Waals surface area (Å²) in [5, 5.41) is 29.7. The van der Waals surface area contributed by atoms with Gasteiger partial charge >= 0.3 is 5.97 Å². The average molecular weight is 294 g/mol. The molecule has 1 amide bonds. The number of nitrogens with zero attached hydrogens (tertiary/aromatic N) is 2. The number of aliphatic carboxylic acids is 1. The first-order chi connectivity index (χ1) is 9.82. The zero-order chi connectivity index (χ0) is 15.7. The largest absolute Gasteiger partial charge is 0.480 e. The maximum absolute atomic E-state index is 12.5. The van der Waals surface area contributed by atoms with Crippen molar-refractivity contribution in [2.45, 2.75) is 25.5 Å². The molecule has 1 unspecified atom stereocenters. The first-order valence-corrected chi connectivity index (χ1v) is 6.28. The minimum Gasteiger partial charge on any atom is -0.480 e. The van der Waals surface area contributed by atoms with Crippen molar-refractivity contribution in [3.05, 3.63) is 39.4 Å². The van der Waals surface area contributed by atoms with Crippen LogP contribution < -0.4 is 0 Å². The fourth-order valence-electron chi connectivity index (χ4n) is 2.50. The Hall–Kier alpha value is -2.48. The number of rotatable bonds is 3. The number of aliphatic hydroxyl groups is 1. The number of amides is 1. The van der Waals surface area contributed by atoms with Crippen molar-refractivity contribution in [2.24, 2.45) is 0 Å². The molecule has 0 aromatic heterocycles. The van der Waals surface area contributed by atoms with Gasteiger partial charge in [-0.15, -0.1) is 0 Å². The third-order valence-electron chi connectivity index (χ3n) is 3.49. The predicted molar refractivity (Wildman–Crippen MR) is 70.9 cm³/mol. The van der Waals surface area contributed by atoms with Crippen LogP contribution >= 0.6 is 0 Å². The van der Waals surface area contributed by atoms with E-state index in [1.54, 1.807) is 13.0 Å². The lowest BCUT2D eigenvalue weighted by molar-refractivity contribution is -0.385. The lowest BCUT2D eigenvalue weighted by atomic mass is 10.0. The number of aliphatic hydroxyl groups excluding tert-OH is 1. The number of carbonyl (C=O) groups is 2. The maximum Gasteiger partial charge on any atom is 0.326 e. The second kappa shape index (κ2) is 5.49. The standard InChI is InChI=1S/C13H14N2O6/c1-7-3-2-4-9(15(20)21)11(7)12(17)14-6-8(16)5-10(14)13(18)19/h2-4,8,10,16H,5-6H2,1H3,(H,18,19)/t8?,10-/m0/s1. The Morgan fingerprint density at radius 3 is 2.67 bits per heavy atom. The summed E-state index contributed by atoms with van der Waals surface area (Å²) in [6.45, 7) is 1.39. The van der Waals surface area contributed by atoms with Crippen molar-refractivity contribution in [3.63, 3.8) is 0 Å². The number of nitro benzene ring substituents is 1. The van der Waals surface area contributed by atoms with Crippen molar-refractivity contribution in [2.75, 3.05) is 6.54 Å². The van der Waals surface area contributed by atoms with Crippen LogP contribution in [0.15, 0.2) is 18.2 Å². The number of carboxylic acid groups (broad SMARTS) is 1. The molecule has 8 heteroatoms. The van der Waals surface area contributed by atoms with Crippen molar-refractivity contribution in [1.82, 2.24) is 4.90 Å². The molecule has 1 aromatic carbocycles. The van der Waals surface area contributed by atoms with Crippen LogP contribution in [0.4, 0.5) is 5.69 Å². The van der Waals surface area contributed by atoms with Gasteiger partial charge in [0.05, 0.1) is 11.0 Å². The Morgan fingerprint density at radius 2 is 2.10 bits per heavy atom. The molecule has 1 saturated heterocycles. The van der Waals surface area contributed by atoms with Crippen molar-refractivity contribution >= 4 is 17.6 Å². The molecule has 1 fully saturated rings. The first kappa shape index (κ1) is 14.9. The predicted octanol–water partition coefficient (Wildman–Crippen LogP) is 0.563. The molecule has 0 radical (unpaired) electrons. The molecule has 112 valence electrons. The van der Waals surface area contributed by atoms with E-state index in [-0.39, 0.29) is 24.2 Å². The highest BCUT2D eigenvalue weighted by Gasteiger charge is 2.41. The van der Waals surface area contributed by atoms with Gasteiger partial charge in [0, 0.05) is 19.0 Å².